The molecule has 0 heterocycles. The fraction of sp³-hybridized carbons (Fsp3) is 0.400. The molecule has 1 rings (SSSR count). The van der Waals surface area contributed by atoms with E-state index in [9.17, 15) is 40.7 Å². The monoisotopic (exact) mass is 371 g/mol. The number of Topliss-reactive ketones (excluding diaryl/α,β-unsaturated/α-hetero) is 2. The van der Waals surface area contributed by atoms with Crippen LogP contribution in [0.1, 0.15) is 19.4 Å². The lowest BCUT2D eigenvalue weighted by Crippen LogP contribution is -2.39. The van der Waals surface area contributed by atoms with Crippen molar-refractivity contribution in [2.45, 2.75) is 33.1 Å². The fourth-order valence-electron chi connectivity index (χ4n) is 1.18. The van der Waals surface area contributed by atoms with Crippen molar-refractivity contribution in [1.82, 2.24) is 0 Å². The van der Waals surface area contributed by atoms with Crippen LogP contribution in [-0.4, -0.2) is 29.8 Å². The molecule has 0 aromatic heterocycles. The van der Waals surface area contributed by atoms with Crippen LogP contribution in [0, 0.1) is 12.8 Å². The molecule has 1 amide bonds. The van der Waals surface area contributed by atoms with Gasteiger partial charge in [-0.25, -0.2) is 0 Å². The summed E-state index contributed by atoms with van der Waals surface area (Å²) in [6, 6.07) is 7.79. The standard InChI is InChI=1S/C11H15NO.C4F6O2/c1-8(2)11(13)12-10-6-4-9(3)5-7-10;5-3(6,7)1(11)2(12)4(8,9)10/h4-8H,1-3H3,(H,12,13);. The van der Waals surface area contributed by atoms with E-state index in [1.54, 1.807) is 0 Å². The summed E-state index contributed by atoms with van der Waals surface area (Å²) in [7, 11) is 0. The Morgan fingerprint density at radius 1 is 0.840 bits per heavy atom. The average Bonchev–Trinajstić information content (AvgIpc) is 2.46. The van der Waals surface area contributed by atoms with Crippen molar-refractivity contribution in [2.75, 3.05) is 5.32 Å². The molecule has 0 saturated carbocycles. The molecule has 0 radical (unpaired) electrons. The molecule has 0 fully saturated rings. The van der Waals surface area contributed by atoms with Gasteiger partial charge in [0.05, 0.1) is 0 Å². The van der Waals surface area contributed by atoms with Crippen LogP contribution in [0.5, 0.6) is 0 Å². The zero-order chi connectivity index (χ0) is 20.0. The van der Waals surface area contributed by atoms with E-state index in [4.69, 9.17) is 0 Å². The second-order valence-electron chi connectivity index (χ2n) is 5.16. The molecule has 0 saturated heterocycles. The number of anilines is 1. The van der Waals surface area contributed by atoms with Crippen LogP contribution in [-0.2, 0) is 14.4 Å². The number of nitrogens with one attached hydrogen (secondary N) is 1. The first-order valence-electron chi connectivity index (χ1n) is 6.76. The Morgan fingerprint density at radius 2 is 1.20 bits per heavy atom. The first-order chi connectivity index (χ1) is 11.2. The number of amides is 1. The molecule has 0 atom stereocenters. The molecule has 0 spiro atoms. The van der Waals surface area contributed by atoms with Crippen LogP contribution in [0.2, 0.25) is 0 Å². The summed E-state index contributed by atoms with van der Waals surface area (Å²) < 4.78 is 67.0. The van der Waals surface area contributed by atoms with Gasteiger partial charge >= 0.3 is 23.9 Å². The first kappa shape index (κ1) is 22.6. The number of halogens is 6. The van der Waals surface area contributed by atoms with Gasteiger partial charge in [-0.3, -0.25) is 14.4 Å². The second-order valence-corrected chi connectivity index (χ2v) is 5.16. The minimum absolute atomic E-state index is 0.0290. The Kier molecular flexibility index (Phi) is 7.81. The molecule has 25 heavy (non-hydrogen) atoms. The van der Waals surface area contributed by atoms with Crippen LogP contribution in [0.15, 0.2) is 24.3 Å². The van der Waals surface area contributed by atoms with Crippen molar-refractivity contribution in [2.24, 2.45) is 5.92 Å². The Labute approximate surface area is 139 Å². The Bertz CT molecular complexity index is 594. The van der Waals surface area contributed by atoms with Crippen molar-refractivity contribution in [3.63, 3.8) is 0 Å². The highest BCUT2D eigenvalue weighted by Crippen LogP contribution is 2.24. The number of alkyl halides is 6. The van der Waals surface area contributed by atoms with Crippen molar-refractivity contribution in [1.29, 1.82) is 0 Å². The normalized spacial score (nSPS) is 11.4. The van der Waals surface area contributed by atoms with Gasteiger partial charge in [0.15, 0.2) is 0 Å². The number of carbonyl (C=O) groups is 3. The highest BCUT2D eigenvalue weighted by molar-refractivity contribution is 6.41. The van der Waals surface area contributed by atoms with Crippen molar-refractivity contribution in [3.8, 4) is 0 Å². The smallest absolute Gasteiger partial charge is 0.326 e. The van der Waals surface area contributed by atoms with Crippen LogP contribution in [0.25, 0.3) is 0 Å². The van der Waals surface area contributed by atoms with Gasteiger partial charge in [-0.1, -0.05) is 31.5 Å². The quantitative estimate of drug-likeness (QED) is 0.649. The van der Waals surface area contributed by atoms with Gasteiger partial charge in [0.25, 0.3) is 0 Å². The number of rotatable bonds is 3. The van der Waals surface area contributed by atoms with Gasteiger partial charge in [0.1, 0.15) is 0 Å². The lowest BCUT2D eigenvalue weighted by Gasteiger charge is -2.07. The molecule has 1 N–H and O–H groups in total. The molecule has 140 valence electrons. The molecule has 10 heteroatoms. The summed E-state index contributed by atoms with van der Waals surface area (Å²) in [6.45, 7) is 5.78. The third-order valence-corrected chi connectivity index (χ3v) is 2.56. The van der Waals surface area contributed by atoms with E-state index in [2.05, 4.69) is 5.32 Å². The summed E-state index contributed by atoms with van der Waals surface area (Å²) in [5, 5.41) is 2.83. The maximum absolute atomic E-state index is 11.3. The Balaban J connectivity index is 0.000000463. The predicted molar refractivity (Wildman–Crippen MR) is 76.8 cm³/mol. The first-order valence-corrected chi connectivity index (χ1v) is 6.76. The molecule has 1 aromatic carbocycles. The van der Waals surface area contributed by atoms with Crippen molar-refractivity contribution in [3.05, 3.63) is 29.8 Å². The predicted octanol–water partition coefficient (Wildman–Crippen LogP) is 3.84. The summed E-state index contributed by atoms with van der Waals surface area (Å²) in [5.41, 5.74) is 2.06. The Morgan fingerprint density at radius 3 is 1.48 bits per heavy atom. The number of hydrogen-bond acceptors (Lipinski definition) is 3. The zero-order valence-corrected chi connectivity index (χ0v) is 13.4. The average molecular weight is 371 g/mol. The highest BCUT2D eigenvalue weighted by atomic mass is 19.4. The van der Waals surface area contributed by atoms with E-state index in [1.165, 1.54) is 5.56 Å². The van der Waals surface area contributed by atoms with E-state index in [1.807, 2.05) is 45.0 Å². The van der Waals surface area contributed by atoms with Gasteiger partial charge in [0.2, 0.25) is 5.91 Å². The molecule has 0 aliphatic heterocycles. The fourth-order valence-corrected chi connectivity index (χ4v) is 1.18. The Hall–Kier alpha value is -2.39. The zero-order valence-electron chi connectivity index (χ0n) is 13.4. The summed E-state index contributed by atoms with van der Waals surface area (Å²) in [5.74, 6) is -6.73. The summed E-state index contributed by atoms with van der Waals surface area (Å²) in [6.07, 6.45) is -11.5. The number of ketones is 2. The topological polar surface area (TPSA) is 63.2 Å². The van der Waals surface area contributed by atoms with E-state index in [0.717, 1.165) is 5.69 Å². The van der Waals surface area contributed by atoms with Crippen LogP contribution < -0.4 is 5.32 Å². The summed E-state index contributed by atoms with van der Waals surface area (Å²) in [4.78, 5) is 30.5. The minimum atomic E-state index is -5.77. The van der Waals surface area contributed by atoms with E-state index in [0.29, 0.717) is 0 Å². The number of benzene rings is 1. The highest BCUT2D eigenvalue weighted by Gasteiger charge is 2.54. The van der Waals surface area contributed by atoms with Crippen LogP contribution in [0.4, 0.5) is 32.0 Å². The molecular weight excluding hydrogens is 356 g/mol. The number of hydrogen-bond donors (Lipinski definition) is 1. The minimum Gasteiger partial charge on any atom is -0.326 e. The van der Waals surface area contributed by atoms with Gasteiger partial charge in [-0.2, -0.15) is 26.3 Å². The second kappa shape index (κ2) is 8.63. The van der Waals surface area contributed by atoms with Gasteiger partial charge in [0, 0.05) is 11.6 Å². The third-order valence-electron chi connectivity index (χ3n) is 2.56. The molecule has 0 aliphatic carbocycles. The molecule has 0 bridgehead atoms. The third kappa shape index (κ3) is 8.32. The van der Waals surface area contributed by atoms with Crippen molar-refractivity contribution < 1.29 is 40.7 Å². The largest absolute Gasteiger partial charge is 0.458 e. The molecule has 1 aromatic rings. The van der Waals surface area contributed by atoms with Crippen LogP contribution in [0.3, 0.4) is 0 Å². The SMILES string of the molecule is Cc1ccc(NC(=O)C(C)C)cc1.O=C(C(=O)C(F)(F)F)C(F)(F)F. The number of carbonyl (C=O) groups excluding carboxylic acids is 3. The van der Waals surface area contributed by atoms with Gasteiger partial charge in [-0.15, -0.1) is 0 Å². The van der Waals surface area contributed by atoms with E-state index < -0.39 is 23.9 Å². The van der Waals surface area contributed by atoms with Gasteiger partial charge in [-0.05, 0) is 19.1 Å². The summed E-state index contributed by atoms with van der Waals surface area (Å²) >= 11 is 0. The van der Waals surface area contributed by atoms with E-state index >= 15 is 0 Å². The number of aryl methyl sites for hydroxylation is 1. The molecule has 4 nitrogen and oxygen atoms in total. The molecule has 0 unspecified atom stereocenters. The van der Waals surface area contributed by atoms with Crippen molar-refractivity contribution >= 4 is 23.2 Å². The maximum Gasteiger partial charge on any atom is 0.458 e. The lowest BCUT2D eigenvalue weighted by molar-refractivity contribution is -0.193. The maximum atomic E-state index is 11.3. The molecule has 0 aliphatic rings. The lowest BCUT2D eigenvalue weighted by atomic mass is 10.2. The van der Waals surface area contributed by atoms with Crippen LogP contribution >= 0.6 is 0 Å². The van der Waals surface area contributed by atoms with E-state index in [-0.39, 0.29) is 11.8 Å². The van der Waals surface area contributed by atoms with Gasteiger partial charge < -0.3 is 5.32 Å². The molecular formula is C15H15F6NO3.